The number of hydrogen-bond donors (Lipinski definition) is 2. The SMILES string of the molecule is CCCCc1ccc(Nc2ccc(Nc3ccc(CCCC)cc3S(=O)(=O)[O-])c3c2C(=O)c2ccccc2C3=O)c(S(=O)(=O)[O-])c1.[Na+].[Na+]. The van der Waals surface area contributed by atoms with E-state index in [1.54, 1.807) is 24.3 Å². The van der Waals surface area contributed by atoms with Crippen LogP contribution in [-0.4, -0.2) is 37.5 Å². The first-order chi connectivity index (χ1) is 21.8. The van der Waals surface area contributed by atoms with Crippen LogP contribution in [0.2, 0.25) is 0 Å². The van der Waals surface area contributed by atoms with Gasteiger partial charge >= 0.3 is 59.1 Å². The molecule has 0 bridgehead atoms. The topological polar surface area (TPSA) is 173 Å². The van der Waals surface area contributed by atoms with Gasteiger partial charge in [-0.15, -0.1) is 0 Å². The van der Waals surface area contributed by atoms with Crippen LogP contribution in [0.5, 0.6) is 0 Å². The van der Waals surface area contributed by atoms with Crippen molar-refractivity contribution >= 4 is 54.6 Å². The molecule has 0 aromatic heterocycles. The van der Waals surface area contributed by atoms with E-state index in [0.717, 1.165) is 25.7 Å². The number of carbonyl (C=O) groups excluding carboxylic acids is 2. The Morgan fingerprint density at radius 2 is 0.917 bits per heavy atom. The fourth-order valence-corrected chi connectivity index (χ4v) is 6.92. The summed E-state index contributed by atoms with van der Waals surface area (Å²) in [4.78, 5) is 26.9. The van der Waals surface area contributed by atoms with Gasteiger partial charge in [0.05, 0.1) is 43.7 Å². The summed E-state index contributed by atoms with van der Waals surface area (Å²) in [5, 5.41) is 5.80. The molecule has 48 heavy (non-hydrogen) atoms. The number of benzene rings is 4. The van der Waals surface area contributed by atoms with Crippen molar-refractivity contribution in [2.24, 2.45) is 0 Å². The molecule has 14 heteroatoms. The minimum atomic E-state index is -4.94. The van der Waals surface area contributed by atoms with Gasteiger partial charge in [-0.2, -0.15) is 0 Å². The third kappa shape index (κ3) is 8.67. The number of unbranched alkanes of at least 4 members (excludes halogenated alkanes) is 2. The smallest absolute Gasteiger partial charge is 0.744 e. The second-order valence-corrected chi connectivity index (χ2v) is 13.8. The molecule has 10 nitrogen and oxygen atoms in total. The molecule has 1 aliphatic carbocycles. The van der Waals surface area contributed by atoms with Gasteiger partial charge in [0.1, 0.15) is 20.2 Å². The summed E-state index contributed by atoms with van der Waals surface area (Å²) >= 11 is 0. The van der Waals surface area contributed by atoms with E-state index in [1.165, 1.54) is 48.5 Å². The third-order valence-corrected chi connectivity index (χ3v) is 9.64. The van der Waals surface area contributed by atoms with Gasteiger partial charge in [0.2, 0.25) is 0 Å². The van der Waals surface area contributed by atoms with Crippen LogP contribution in [0.15, 0.2) is 82.6 Å². The summed E-state index contributed by atoms with van der Waals surface area (Å²) in [5.74, 6) is -1.09. The number of carbonyl (C=O) groups is 2. The molecule has 0 amide bonds. The minimum Gasteiger partial charge on any atom is -0.744 e. The van der Waals surface area contributed by atoms with Gasteiger partial charge in [-0.25, -0.2) is 16.8 Å². The van der Waals surface area contributed by atoms with Crippen molar-refractivity contribution < 1.29 is 94.6 Å². The van der Waals surface area contributed by atoms with Crippen molar-refractivity contribution in [2.45, 2.75) is 62.2 Å². The number of rotatable bonds is 12. The molecular formula is C34H32N2Na2O8S2. The Morgan fingerprint density at radius 1 is 0.562 bits per heavy atom. The predicted molar refractivity (Wildman–Crippen MR) is 172 cm³/mol. The van der Waals surface area contributed by atoms with Crippen molar-refractivity contribution in [1.82, 2.24) is 0 Å². The Balaban J connectivity index is 0.00000312. The zero-order chi connectivity index (χ0) is 33.2. The number of fused-ring (bicyclic) bond motifs is 2. The van der Waals surface area contributed by atoms with Gasteiger partial charge in [0.15, 0.2) is 11.6 Å². The summed E-state index contributed by atoms with van der Waals surface area (Å²) in [7, 11) is -9.87. The van der Waals surface area contributed by atoms with Crippen LogP contribution < -0.4 is 69.7 Å². The molecule has 0 saturated carbocycles. The molecule has 240 valence electrons. The maximum atomic E-state index is 13.9. The Hall–Kier alpha value is -2.36. The molecule has 0 aliphatic heterocycles. The maximum Gasteiger partial charge on any atom is 1.00 e. The fraction of sp³-hybridized carbons (Fsp3) is 0.235. The van der Waals surface area contributed by atoms with Crippen molar-refractivity contribution in [3.05, 3.63) is 106 Å². The van der Waals surface area contributed by atoms with Crippen LogP contribution in [0.4, 0.5) is 22.7 Å². The molecule has 4 aromatic carbocycles. The maximum absolute atomic E-state index is 13.9. The van der Waals surface area contributed by atoms with E-state index in [1.807, 2.05) is 13.8 Å². The van der Waals surface area contributed by atoms with Gasteiger partial charge in [0, 0.05) is 11.1 Å². The second kappa shape index (κ2) is 16.6. The van der Waals surface area contributed by atoms with E-state index in [0.29, 0.717) is 24.0 Å². The predicted octanol–water partition coefficient (Wildman–Crippen LogP) is 0.451. The summed E-state index contributed by atoms with van der Waals surface area (Å²) in [6.45, 7) is 3.98. The summed E-state index contributed by atoms with van der Waals surface area (Å²) in [6.07, 6.45) is 4.46. The number of aryl methyl sites for hydroxylation is 2. The van der Waals surface area contributed by atoms with Crippen LogP contribution in [0, 0.1) is 0 Å². The molecule has 0 atom stereocenters. The molecule has 4 aromatic rings. The number of hydrogen-bond acceptors (Lipinski definition) is 10. The molecule has 1 aliphatic rings. The van der Waals surface area contributed by atoms with Crippen molar-refractivity contribution in [3.63, 3.8) is 0 Å². The number of anilines is 4. The molecule has 0 unspecified atom stereocenters. The van der Waals surface area contributed by atoms with Crippen molar-refractivity contribution in [3.8, 4) is 0 Å². The van der Waals surface area contributed by atoms with Gasteiger partial charge < -0.3 is 19.7 Å². The molecule has 0 spiro atoms. The molecule has 0 fully saturated rings. The molecule has 2 N–H and O–H groups in total. The zero-order valence-electron chi connectivity index (χ0n) is 27.3. The van der Waals surface area contributed by atoms with E-state index >= 15 is 0 Å². The largest absolute Gasteiger partial charge is 1.00 e. The normalized spacial score (nSPS) is 12.3. The third-order valence-electron chi connectivity index (χ3n) is 7.88. The number of ketones is 2. The molecule has 0 heterocycles. The average Bonchev–Trinajstić information content (AvgIpc) is 3.02. The van der Waals surface area contributed by atoms with Crippen LogP contribution in [0.25, 0.3) is 0 Å². The van der Waals surface area contributed by atoms with Gasteiger partial charge in [0.25, 0.3) is 0 Å². The quantitative estimate of drug-likeness (QED) is 0.137. The van der Waals surface area contributed by atoms with Crippen molar-refractivity contribution in [1.29, 1.82) is 0 Å². The molecule has 5 rings (SSSR count). The van der Waals surface area contributed by atoms with E-state index in [-0.39, 0.29) is 104 Å². The van der Waals surface area contributed by atoms with Crippen LogP contribution in [0.3, 0.4) is 0 Å². The monoisotopic (exact) mass is 706 g/mol. The number of nitrogens with one attached hydrogen (secondary N) is 2. The second-order valence-electron chi connectivity index (χ2n) is 11.1. The van der Waals surface area contributed by atoms with E-state index < -0.39 is 41.6 Å². The van der Waals surface area contributed by atoms with Crippen LogP contribution in [0.1, 0.15) is 82.5 Å². The average molecular weight is 707 g/mol. The molecular weight excluding hydrogens is 674 g/mol. The zero-order valence-corrected chi connectivity index (χ0v) is 32.9. The molecule has 0 radical (unpaired) electrons. The van der Waals surface area contributed by atoms with Gasteiger partial charge in [-0.3, -0.25) is 9.59 Å². The Bertz CT molecular complexity index is 1940. The summed E-state index contributed by atoms with van der Waals surface area (Å²) in [6, 6.07) is 17.9. The summed E-state index contributed by atoms with van der Waals surface area (Å²) in [5.41, 5.74) is 1.33. The first kappa shape index (κ1) is 40.1. The van der Waals surface area contributed by atoms with Crippen LogP contribution in [-0.2, 0) is 33.1 Å². The first-order valence-corrected chi connectivity index (χ1v) is 17.7. The van der Waals surface area contributed by atoms with E-state index in [2.05, 4.69) is 10.6 Å². The van der Waals surface area contributed by atoms with E-state index in [9.17, 15) is 35.5 Å². The Morgan fingerprint density at radius 3 is 1.25 bits per heavy atom. The van der Waals surface area contributed by atoms with Crippen LogP contribution >= 0.6 is 0 Å². The minimum absolute atomic E-state index is 0. The first-order valence-electron chi connectivity index (χ1n) is 14.9. The molecule has 0 saturated heterocycles. The summed E-state index contributed by atoms with van der Waals surface area (Å²) < 4.78 is 73.7. The fourth-order valence-electron chi connectivity index (χ4n) is 5.55. The Kier molecular flexibility index (Phi) is 13.8. The standard InChI is InChI=1S/C34H34N2O8S2.2Na/c1-3-5-9-21-13-15-25(29(19-21)45(39,40)41)35-27-17-18-28(32-31(27)33(37)23-11-7-8-12-24(23)34(32)38)36-26-16-14-22(10-6-4-2)20-30(26)46(42,43)44;;/h7-8,11-20,35-36H,3-6,9-10H2,1-2H3,(H,39,40,41)(H,42,43,44);;/q;2*+1/p-2. The van der Waals surface area contributed by atoms with E-state index in [4.69, 9.17) is 0 Å². The van der Waals surface area contributed by atoms with Gasteiger partial charge in [-0.1, -0.05) is 63.1 Å². The van der Waals surface area contributed by atoms with Gasteiger partial charge in [-0.05, 0) is 73.2 Å². The Labute approximate surface area is 325 Å². The van der Waals surface area contributed by atoms with Crippen molar-refractivity contribution in [2.75, 3.05) is 10.6 Å².